The fraction of sp³-hybridized carbons (Fsp3) is 0.200. The van der Waals surface area contributed by atoms with E-state index in [-0.39, 0.29) is 6.04 Å². The first-order valence-corrected chi connectivity index (χ1v) is 7.05. The molecule has 1 atom stereocenters. The summed E-state index contributed by atoms with van der Waals surface area (Å²) in [5, 5.41) is 0.574. The normalized spacial score (nSPS) is 12.3. The third-order valence-electron chi connectivity index (χ3n) is 3.10. The van der Waals surface area contributed by atoms with Crippen molar-refractivity contribution in [2.24, 2.45) is 5.73 Å². The summed E-state index contributed by atoms with van der Waals surface area (Å²) in [7, 11) is 1.60. The highest BCUT2D eigenvalue weighted by molar-refractivity contribution is 9.10. The molecule has 0 aliphatic rings. The molecule has 2 aromatic rings. The number of aryl methyl sites for hydroxylation is 1. The number of hydrogen-bond acceptors (Lipinski definition) is 2. The lowest BCUT2D eigenvalue weighted by molar-refractivity contribution is 0.415. The van der Waals surface area contributed by atoms with E-state index in [4.69, 9.17) is 22.1 Å². The Kier molecular flexibility index (Phi) is 4.50. The van der Waals surface area contributed by atoms with Crippen molar-refractivity contribution >= 4 is 27.5 Å². The van der Waals surface area contributed by atoms with Crippen LogP contribution in [0.15, 0.2) is 40.9 Å². The van der Waals surface area contributed by atoms with Crippen molar-refractivity contribution in [2.45, 2.75) is 13.0 Å². The number of benzene rings is 2. The van der Waals surface area contributed by atoms with Crippen LogP contribution >= 0.6 is 27.5 Å². The number of ether oxygens (including phenoxy) is 1. The quantitative estimate of drug-likeness (QED) is 0.895. The summed E-state index contributed by atoms with van der Waals surface area (Å²) in [5.74, 6) is 0.658. The predicted molar refractivity (Wildman–Crippen MR) is 82.9 cm³/mol. The molecule has 100 valence electrons. The van der Waals surface area contributed by atoms with Crippen molar-refractivity contribution in [1.29, 1.82) is 0 Å². The Morgan fingerprint density at radius 2 is 1.95 bits per heavy atom. The van der Waals surface area contributed by atoms with Gasteiger partial charge in [0.15, 0.2) is 0 Å². The molecule has 19 heavy (non-hydrogen) atoms. The fourth-order valence-electron chi connectivity index (χ4n) is 2.04. The Morgan fingerprint density at radius 1 is 1.21 bits per heavy atom. The van der Waals surface area contributed by atoms with Crippen LogP contribution in [-0.2, 0) is 0 Å². The van der Waals surface area contributed by atoms with Crippen molar-refractivity contribution in [3.8, 4) is 5.75 Å². The van der Waals surface area contributed by atoms with Crippen LogP contribution in [0.5, 0.6) is 5.75 Å². The summed E-state index contributed by atoms with van der Waals surface area (Å²) < 4.78 is 6.20. The second-order valence-corrected chi connectivity index (χ2v) is 5.70. The van der Waals surface area contributed by atoms with Gasteiger partial charge in [-0.3, -0.25) is 0 Å². The lowest BCUT2D eigenvalue weighted by atomic mass is 9.96. The van der Waals surface area contributed by atoms with E-state index >= 15 is 0 Å². The maximum Gasteiger partial charge on any atom is 0.137 e. The fourth-order valence-corrected chi connectivity index (χ4v) is 2.79. The monoisotopic (exact) mass is 339 g/mol. The van der Waals surface area contributed by atoms with Gasteiger partial charge in [-0.1, -0.05) is 39.7 Å². The SMILES string of the molecule is COc1ccc(C(N)c2ccc(Br)cc2C)cc1Cl. The minimum atomic E-state index is -0.198. The summed E-state index contributed by atoms with van der Waals surface area (Å²) in [4.78, 5) is 0. The van der Waals surface area contributed by atoms with Crippen LogP contribution < -0.4 is 10.5 Å². The van der Waals surface area contributed by atoms with E-state index < -0.39 is 0 Å². The smallest absolute Gasteiger partial charge is 0.137 e. The van der Waals surface area contributed by atoms with Gasteiger partial charge in [0, 0.05) is 4.47 Å². The standard InChI is InChI=1S/C15H15BrClNO/c1-9-7-11(16)4-5-12(9)15(18)10-3-6-14(19-2)13(17)8-10/h3-8,15H,18H2,1-2H3. The largest absolute Gasteiger partial charge is 0.495 e. The van der Waals surface area contributed by atoms with E-state index in [1.54, 1.807) is 7.11 Å². The van der Waals surface area contributed by atoms with E-state index in [2.05, 4.69) is 22.0 Å². The number of methoxy groups -OCH3 is 1. The van der Waals surface area contributed by atoms with Gasteiger partial charge in [0.2, 0.25) is 0 Å². The van der Waals surface area contributed by atoms with Crippen LogP contribution in [0.1, 0.15) is 22.7 Å². The maximum absolute atomic E-state index is 6.31. The highest BCUT2D eigenvalue weighted by Crippen LogP contribution is 2.30. The van der Waals surface area contributed by atoms with Gasteiger partial charge >= 0.3 is 0 Å². The van der Waals surface area contributed by atoms with Crippen molar-refractivity contribution in [2.75, 3.05) is 7.11 Å². The molecule has 2 nitrogen and oxygen atoms in total. The van der Waals surface area contributed by atoms with E-state index in [1.807, 2.05) is 37.3 Å². The van der Waals surface area contributed by atoms with Crippen LogP contribution in [0, 0.1) is 6.92 Å². The molecule has 0 aliphatic heterocycles. The summed E-state index contributed by atoms with van der Waals surface area (Å²) in [5.41, 5.74) is 9.52. The minimum Gasteiger partial charge on any atom is -0.495 e. The first-order valence-electron chi connectivity index (χ1n) is 5.88. The second-order valence-electron chi connectivity index (χ2n) is 4.37. The molecule has 0 fully saturated rings. The highest BCUT2D eigenvalue weighted by atomic mass is 79.9. The van der Waals surface area contributed by atoms with Gasteiger partial charge in [-0.05, 0) is 47.9 Å². The van der Waals surface area contributed by atoms with Gasteiger partial charge in [0.1, 0.15) is 5.75 Å². The molecule has 0 aromatic heterocycles. The van der Waals surface area contributed by atoms with Crippen LogP contribution in [-0.4, -0.2) is 7.11 Å². The lowest BCUT2D eigenvalue weighted by Crippen LogP contribution is -2.13. The molecule has 1 unspecified atom stereocenters. The molecule has 0 bridgehead atoms. The van der Waals surface area contributed by atoms with E-state index in [9.17, 15) is 0 Å². The van der Waals surface area contributed by atoms with Crippen molar-refractivity contribution in [1.82, 2.24) is 0 Å². The molecule has 2 N–H and O–H groups in total. The first kappa shape index (κ1) is 14.4. The molecule has 0 radical (unpaired) electrons. The van der Waals surface area contributed by atoms with Gasteiger partial charge in [-0.25, -0.2) is 0 Å². The summed E-state index contributed by atoms with van der Waals surface area (Å²) in [6.45, 7) is 2.05. The molecule has 0 amide bonds. The van der Waals surface area contributed by atoms with E-state index in [0.29, 0.717) is 10.8 Å². The zero-order chi connectivity index (χ0) is 14.0. The average Bonchev–Trinajstić information content (AvgIpc) is 2.38. The van der Waals surface area contributed by atoms with Gasteiger partial charge in [0.25, 0.3) is 0 Å². The summed E-state index contributed by atoms with van der Waals surface area (Å²) in [6.07, 6.45) is 0. The highest BCUT2D eigenvalue weighted by Gasteiger charge is 2.13. The van der Waals surface area contributed by atoms with Gasteiger partial charge in [0.05, 0.1) is 18.2 Å². The topological polar surface area (TPSA) is 35.2 Å². The molecule has 0 saturated carbocycles. The van der Waals surface area contributed by atoms with Gasteiger partial charge in [-0.2, -0.15) is 0 Å². The van der Waals surface area contributed by atoms with Crippen LogP contribution in [0.2, 0.25) is 5.02 Å². The van der Waals surface area contributed by atoms with Crippen molar-refractivity contribution in [3.05, 3.63) is 62.6 Å². The maximum atomic E-state index is 6.31. The third-order valence-corrected chi connectivity index (χ3v) is 3.89. The molecule has 2 aromatic carbocycles. The number of halogens is 2. The Balaban J connectivity index is 2.38. The van der Waals surface area contributed by atoms with Crippen LogP contribution in [0.4, 0.5) is 0 Å². The lowest BCUT2D eigenvalue weighted by Gasteiger charge is -2.16. The second kappa shape index (κ2) is 5.95. The van der Waals surface area contributed by atoms with E-state index in [1.165, 1.54) is 0 Å². The Bertz CT molecular complexity index is 601. The Morgan fingerprint density at radius 3 is 2.53 bits per heavy atom. The Hall–Kier alpha value is -1.03. The molecule has 4 heteroatoms. The zero-order valence-corrected chi connectivity index (χ0v) is 13.1. The Labute approximate surface area is 126 Å². The number of nitrogens with two attached hydrogens (primary N) is 1. The molecular weight excluding hydrogens is 326 g/mol. The molecule has 0 spiro atoms. The van der Waals surface area contributed by atoms with Crippen LogP contribution in [0.25, 0.3) is 0 Å². The molecular formula is C15H15BrClNO. The predicted octanol–water partition coefficient (Wildman–Crippen LogP) is 4.47. The number of rotatable bonds is 3. The summed E-state index contributed by atoms with van der Waals surface area (Å²) >= 11 is 9.59. The van der Waals surface area contributed by atoms with Crippen LogP contribution in [0.3, 0.4) is 0 Å². The van der Waals surface area contributed by atoms with Gasteiger partial charge in [-0.15, -0.1) is 0 Å². The average molecular weight is 341 g/mol. The summed E-state index contributed by atoms with van der Waals surface area (Å²) in [6, 6.07) is 11.5. The van der Waals surface area contributed by atoms with Crippen molar-refractivity contribution in [3.63, 3.8) is 0 Å². The first-order chi connectivity index (χ1) is 9.02. The molecule has 2 rings (SSSR count). The zero-order valence-electron chi connectivity index (χ0n) is 10.8. The van der Waals surface area contributed by atoms with Crippen molar-refractivity contribution < 1.29 is 4.74 Å². The third kappa shape index (κ3) is 3.11. The minimum absolute atomic E-state index is 0.198. The van der Waals surface area contributed by atoms with Gasteiger partial charge < -0.3 is 10.5 Å². The molecule has 0 aliphatic carbocycles. The van der Waals surface area contributed by atoms with E-state index in [0.717, 1.165) is 21.2 Å². The number of hydrogen-bond donors (Lipinski definition) is 1. The molecule has 0 saturated heterocycles. The molecule has 0 heterocycles.